The third kappa shape index (κ3) is 2.89. The Balaban J connectivity index is 1.58. The molecule has 3 atom stereocenters. The Morgan fingerprint density at radius 1 is 1.37 bits per heavy atom. The molecule has 1 aromatic rings. The Hall–Kier alpha value is -2.14. The van der Waals surface area contributed by atoms with E-state index in [1.165, 1.54) is 28.4 Å². The number of hydrogen-bond acceptors (Lipinski definition) is 9. The summed E-state index contributed by atoms with van der Waals surface area (Å²) in [6.07, 6.45) is 0.387. The number of aliphatic carboxylic acids is 1. The van der Waals surface area contributed by atoms with Crippen molar-refractivity contribution in [3.05, 3.63) is 29.8 Å². The molecular weight excluding hydrogens is 390 g/mol. The van der Waals surface area contributed by atoms with Gasteiger partial charge in [0, 0.05) is 11.3 Å². The predicted molar refractivity (Wildman–Crippen MR) is 99.5 cm³/mol. The van der Waals surface area contributed by atoms with Gasteiger partial charge < -0.3 is 14.7 Å². The van der Waals surface area contributed by atoms with Crippen LogP contribution in [0.2, 0.25) is 0 Å². The monoisotopic (exact) mass is 407 g/mol. The SMILES string of the molecule is COc1ccc(C2(SCC3(C)SC4CC(=O)N4C3C(=O)O)N=NN=N2)cc1. The van der Waals surface area contributed by atoms with Crippen molar-refractivity contribution in [2.24, 2.45) is 20.7 Å². The highest BCUT2D eigenvalue weighted by Gasteiger charge is 2.61. The summed E-state index contributed by atoms with van der Waals surface area (Å²) < 4.78 is 4.52. The molecule has 0 bridgehead atoms. The van der Waals surface area contributed by atoms with Crippen molar-refractivity contribution in [1.82, 2.24) is 4.90 Å². The van der Waals surface area contributed by atoms with Gasteiger partial charge in [-0.2, -0.15) is 0 Å². The number of carbonyl (C=O) groups is 2. The minimum atomic E-state index is -1.06. The van der Waals surface area contributed by atoms with Gasteiger partial charge in [-0.25, -0.2) is 4.79 Å². The lowest BCUT2D eigenvalue weighted by Crippen LogP contribution is -2.57. The van der Waals surface area contributed by atoms with Crippen LogP contribution in [0.4, 0.5) is 0 Å². The van der Waals surface area contributed by atoms with Gasteiger partial charge in [0.25, 0.3) is 4.99 Å². The quantitative estimate of drug-likeness (QED) is 0.725. The second kappa shape index (κ2) is 6.48. The molecule has 142 valence electrons. The van der Waals surface area contributed by atoms with Gasteiger partial charge in [-0.05, 0) is 41.6 Å². The number of carbonyl (C=O) groups excluding carboxylic acids is 1. The van der Waals surface area contributed by atoms with Crippen molar-refractivity contribution in [2.45, 2.75) is 34.5 Å². The lowest BCUT2D eigenvalue weighted by Gasteiger charge is -2.37. The van der Waals surface area contributed by atoms with E-state index >= 15 is 0 Å². The molecule has 0 saturated carbocycles. The number of methoxy groups -OCH3 is 1. The number of amides is 1. The highest BCUT2D eigenvalue weighted by atomic mass is 32.2. The zero-order valence-electron chi connectivity index (χ0n) is 14.6. The first kappa shape index (κ1) is 18.2. The summed E-state index contributed by atoms with van der Waals surface area (Å²) in [6, 6.07) is 6.41. The first-order chi connectivity index (χ1) is 12.9. The van der Waals surface area contributed by atoms with Crippen LogP contribution in [0.1, 0.15) is 18.9 Å². The average molecular weight is 407 g/mol. The number of fused-ring (bicyclic) bond motifs is 1. The van der Waals surface area contributed by atoms with Gasteiger partial charge in [0.15, 0.2) is 0 Å². The van der Waals surface area contributed by atoms with E-state index in [0.717, 1.165) is 5.56 Å². The normalized spacial score (nSPS) is 30.3. The molecule has 0 aliphatic carbocycles. The molecule has 1 N–H and O–H groups in total. The summed E-state index contributed by atoms with van der Waals surface area (Å²) in [4.78, 5) is 24.2. The average Bonchev–Trinajstić information content (AvgIpc) is 3.22. The zero-order valence-corrected chi connectivity index (χ0v) is 16.2. The summed E-state index contributed by atoms with van der Waals surface area (Å²) in [5.41, 5.74) is 0.774. The van der Waals surface area contributed by atoms with E-state index in [1.54, 1.807) is 19.2 Å². The molecule has 0 spiro atoms. The molecule has 3 heterocycles. The molecule has 3 unspecified atom stereocenters. The highest BCUT2D eigenvalue weighted by molar-refractivity contribution is 8.05. The number of β-lactam (4-membered cyclic amide) rings is 1. The van der Waals surface area contributed by atoms with E-state index in [0.29, 0.717) is 17.9 Å². The van der Waals surface area contributed by atoms with Gasteiger partial charge in [-0.15, -0.1) is 22.0 Å². The minimum absolute atomic E-state index is 0.0760. The van der Waals surface area contributed by atoms with Crippen LogP contribution in [0.5, 0.6) is 5.75 Å². The van der Waals surface area contributed by atoms with E-state index in [-0.39, 0.29) is 11.3 Å². The van der Waals surface area contributed by atoms with E-state index in [4.69, 9.17) is 4.74 Å². The fraction of sp³-hybridized carbons (Fsp3) is 0.500. The molecular formula is C16H17N5O4S2. The van der Waals surface area contributed by atoms with Gasteiger partial charge in [0.1, 0.15) is 11.8 Å². The van der Waals surface area contributed by atoms with E-state index in [9.17, 15) is 14.7 Å². The standard InChI is InChI=1S/C16H17N5O4S2/c1-15(13(14(23)24)21-11(22)7-12(21)27-15)8-26-16(17-19-20-18-16)9-3-5-10(25-2)6-4-9/h3-6,12-13H,7-8H2,1-2H3,(H,23,24). The van der Waals surface area contributed by atoms with Crippen LogP contribution < -0.4 is 4.74 Å². The molecule has 9 nitrogen and oxygen atoms in total. The Labute approximate surface area is 163 Å². The van der Waals surface area contributed by atoms with Crippen LogP contribution in [0.3, 0.4) is 0 Å². The maximum Gasteiger partial charge on any atom is 0.327 e. The third-order valence-corrected chi connectivity index (χ3v) is 8.17. The van der Waals surface area contributed by atoms with Gasteiger partial charge >= 0.3 is 5.97 Å². The van der Waals surface area contributed by atoms with E-state index < -0.39 is 21.8 Å². The minimum Gasteiger partial charge on any atom is -0.497 e. The van der Waals surface area contributed by atoms with Gasteiger partial charge in [0.05, 0.1) is 23.7 Å². The number of carboxylic acid groups (broad SMARTS) is 1. The van der Waals surface area contributed by atoms with Gasteiger partial charge in [-0.1, -0.05) is 11.8 Å². The molecule has 0 aromatic heterocycles. The molecule has 0 radical (unpaired) electrons. The summed E-state index contributed by atoms with van der Waals surface area (Å²) in [5.74, 6) is 0.0184. The predicted octanol–water partition coefficient (Wildman–Crippen LogP) is 2.89. The number of ether oxygens (including phenoxy) is 1. The van der Waals surface area contributed by atoms with Crippen LogP contribution in [-0.2, 0) is 14.6 Å². The second-order valence-electron chi connectivity index (χ2n) is 6.64. The molecule has 3 aliphatic heterocycles. The third-order valence-electron chi connectivity index (χ3n) is 4.87. The van der Waals surface area contributed by atoms with Crippen molar-refractivity contribution in [2.75, 3.05) is 12.9 Å². The van der Waals surface area contributed by atoms with Gasteiger partial charge in [-0.3, -0.25) is 4.79 Å². The molecule has 2 saturated heterocycles. The lowest BCUT2D eigenvalue weighted by atomic mass is 9.98. The van der Waals surface area contributed by atoms with Crippen LogP contribution >= 0.6 is 23.5 Å². The lowest BCUT2D eigenvalue weighted by molar-refractivity contribution is -0.157. The second-order valence-corrected chi connectivity index (χ2v) is 9.49. The Kier molecular flexibility index (Phi) is 4.38. The fourth-order valence-electron chi connectivity index (χ4n) is 3.46. The fourth-order valence-corrected chi connectivity index (χ4v) is 6.59. The first-order valence-corrected chi connectivity index (χ1v) is 10.1. The maximum atomic E-state index is 11.9. The van der Waals surface area contributed by atoms with E-state index in [2.05, 4.69) is 20.7 Å². The Morgan fingerprint density at radius 3 is 2.59 bits per heavy atom. The Morgan fingerprint density at radius 2 is 2.04 bits per heavy atom. The highest BCUT2D eigenvalue weighted by Crippen LogP contribution is 2.54. The summed E-state index contributed by atoms with van der Waals surface area (Å²) >= 11 is 2.89. The smallest absolute Gasteiger partial charge is 0.327 e. The number of benzene rings is 1. The number of carboxylic acids is 1. The number of hydrogen-bond donors (Lipinski definition) is 1. The zero-order chi connectivity index (χ0) is 19.2. The summed E-state index contributed by atoms with van der Waals surface area (Å²) in [7, 11) is 1.59. The molecule has 2 fully saturated rings. The van der Waals surface area contributed by atoms with Crippen LogP contribution in [0, 0.1) is 0 Å². The van der Waals surface area contributed by atoms with Crippen molar-refractivity contribution in [3.63, 3.8) is 0 Å². The molecule has 4 rings (SSSR count). The topological polar surface area (TPSA) is 116 Å². The van der Waals surface area contributed by atoms with E-state index in [1.807, 2.05) is 19.1 Å². The largest absolute Gasteiger partial charge is 0.497 e. The maximum absolute atomic E-state index is 11.9. The molecule has 27 heavy (non-hydrogen) atoms. The first-order valence-electron chi connectivity index (χ1n) is 8.23. The summed E-state index contributed by atoms with van der Waals surface area (Å²) in [6.45, 7) is 1.88. The van der Waals surface area contributed by atoms with Crippen molar-refractivity contribution >= 4 is 35.4 Å². The number of nitrogens with zero attached hydrogens (tertiary/aromatic N) is 5. The van der Waals surface area contributed by atoms with Crippen molar-refractivity contribution in [1.29, 1.82) is 0 Å². The van der Waals surface area contributed by atoms with Gasteiger partial charge in [0.2, 0.25) is 5.91 Å². The molecule has 1 amide bonds. The molecule has 3 aliphatic rings. The van der Waals surface area contributed by atoms with Crippen molar-refractivity contribution < 1.29 is 19.4 Å². The Bertz CT molecular complexity index is 834. The number of rotatable bonds is 6. The number of thioether (sulfide) groups is 2. The van der Waals surface area contributed by atoms with Crippen LogP contribution in [-0.4, -0.2) is 50.9 Å². The van der Waals surface area contributed by atoms with Crippen LogP contribution in [0.15, 0.2) is 44.9 Å². The van der Waals surface area contributed by atoms with Crippen LogP contribution in [0.25, 0.3) is 0 Å². The molecule has 1 aromatic carbocycles. The van der Waals surface area contributed by atoms with Crippen molar-refractivity contribution in [3.8, 4) is 5.75 Å². The molecule has 11 heteroatoms. The summed E-state index contributed by atoms with van der Waals surface area (Å²) in [5, 5.41) is 25.4.